The van der Waals surface area contributed by atoms with E-state index in [-0.39, 0.29) is 0 Å². The lowest BCUT2D eigenvalue weighted by molar-refractivity contribution is 0.417. The van der Waals surface area contributed by atoms with Crippen molar-refractivity contribution in [2.75, 3.05) is 12.8 Å². The molecule has 0 amide bonds. The average molecular weight is 161 g/mol. The predicted molar refractivity (Wildman–Crippen MR) is 48.2 cm³/mol. The molecule has 0 bridgehead atoms. The molecule has 61 valence electrons. The fraction of sp³-hybridized carbons (Fsp3) is 0.111. The van der Waals surface area contributed by atoms with E-state index in [9.17, 15) is 0 Å². The maximum Gasteiger partial charge on any atom is 0.142 e. The normalized spacial score (nSPS) is 12.4. The van der Waals surface area contributed by atoms with Gasteiger partial charge in [0, 0.05) is 11.8 Å². The largest absolute Gasteiger partial charge is 0.495 e. The van der Waals surface area contributed by atoms with Gasteiger partial charge >= 0.3 is 0 Å². The van der Waals surface area contributed by atoms with E-state index in [4.69, 9.17) is 10.5 Å². The summed E-state index contributed by atoms with van der Waals surface area (Å²) < 4.78 is 5.07. The van der Waals surface area contributed by atoms with Gasteiger partial charge in [-0.05, 0) is 18.2 Å². The number of nitrogen functional groups attached to an aromatic ring is 1. The Morgan fingerprint density at radius 1 is 1.42 bits per heavy atom. The zero-order valence-electron chi connectivity index (χ0n) is 6.74. The summed E-state index contributed by atoms with van der Waals surface area (Å²) in [6, 6.07) is 3.72. The molecular weight excluding hydrogens is 152 g/mol. The van der Waals surface area contributed by atoms with E-state index in [1.54, 1.807) is 13.3 Å². The highest BCUT2D eigenvalue weighted by molar-refractivity contribution is 5.82. The molecule has 0 aromatic heterocycles. The van der Waals surface area contributed by atoms with Crippen molar-refractivity contribution in [1.82, 2.24) is 5.32 Å². The number of rotatable bonds is 1. The molecule has 12 heavy (non-hydrogen) atoms. The van der Waals surface area contributed by atoms with Crippen LogP contribution >= 0.6 is 0 Å². The highest BCUT2D eigenvalue weighted by atomic mass is 16.5. The fourth-order valence-electron chi connectivity index (χ4n) is 1.26. The summed E-state index contributed by atoms with van der Waals surface area (Å²) in [5, 5.41) is 4.12. The lowest BCUT2D eigenvalue weighted by atomic mass is 10.1. The van der Waals surface area contributed by atoms with Crippen molar-refractivity contribution in [2.45, 2.75) is 0 Å². The first-order valence-corrected chi connectivity index (χ1v) is 3.67. The maximum absolute atomic E-state index is 5.81. The van der Waals surface area contributed by atoms with Gasteiger partial charge in [0.05, 0.1) is 18.5 Å². The molecule has 0 spiro atoms. The van der Waals surface area contributed by atoms with Gasteiger partial charge in [0.15, 0.2) is 0 Å². The second-order valence-electron chi connectivity index (χ2n) is 2.56. The third kappa shape index (κ3) is 0.830. The fourth-order valence-corrected chi connectivity index (χ4v) is 1.26. The third-order valence-corrected chi connectivity index (χ3v) is 1.90. The smallest absolute Gasteiger partial charge is 0.142 e. The molecule has 1 aliphatic rings. The van der Waals surface area contributed by atoms with Gasteiger partial charge in [-0.15, -0.1) is 0 Å². The van der Waals surface area contributed by atoms with E-state index in [0.717, 1.165) is 11.3 Å². The first kappa shape index (κ1) is 7.03. The Hall–Kier alpha value is -1.64. The number of fused-ring (bicyclic) bond motifs is 1. The monoisotopic (exact) mass is 161 g/mol. The number of nitrogens with two attached hydrogens (primary N) is 1. The van der Waals surface area contributed by atoms with Crippen molar-refractivity contribution >= 4 is 17.5 Å². The van der Waals surface area contributed by atoms with Gasteiger partial charge in [0.2, 0.25) is 0 Å². The first-order valence-electron chi connectivity index (χ1n) is 3.67. The number of hydrogen-bond donors (Lipinski definition) is 1. The molecule has 1 heterocycles. The highest BCUT2D eigenvalue weighted by Gasteiger charge is 2.12. The molecule has 1 radical (unpaired) electrons. The number of hydrogen-bond acceptors (Lipinski definition) is 2. The van der Waals surface area contributed by atoms with Crippen molar-refractivity contribution in [3.05, 3.63) is 23.9 Å². The van der Waals surface area contributed by atoms with Gasteiger partial charge in [-0.2, -0.15) is 0 Å². The molecule has 3 nitrogen and oxygen atoms in total. The summed E-state index contributed by atoms with van der Waals surface area (Å²) >= 11 is 0. The van der Waals surface area contributed by atoms with Gasteiger partial charge in [-0.25, -0.2) is 0 Å². The lowest BCUT2D eigenvalue weighted by Gasteiger charge is -2.07. The van der Waals surface area contributed by atoms with Crippen molar-refractivity contribution < 1.29 is 4.74 Å². The molecule has 0 fully saturated rings. The van der Waals surface area contributed by atoms with E-state index in [2.05, 4.69) is 5.32 Å². The molecule has 2 rings (SSSR count). The van der Waals surface area contributed by atoms with E-state index in [1.165, 1.54) is 0 Å². The minimum absolute atomic E-state index is 0.660. The summed E-state index contributed by atoms with van der Waals surface area (Å²) in [4.78, 5) is 0. The van der Waals surface area contributed by atoms with Gasteiger partial charge < -0.3 is 10.5 Å². The molecular formula is C9H9N2O. The Kier molecular flexibility index (Phi) is 1.43. The van der Waals surface area contributed by atoms with Crippen molar-refractivity contribution in [1.29, 1.82) is 0 Å². The summed E-state index contributed by atoms with van der Waals surface area (Å²) in [5.41, 5.74) is 8.33. The SMILES string of the molecule is COc1ccc2c(c1N)C=C[N]2. The van der Waals surface area contributed by atoms with Gasteiger partial charge in [0.1, 0.15) is 5.75 Å². The van der Waals surface area contributed by atoms with Gasteiger partial charge in [-0.1, -0.05) is 0 Å². The van der Waals surface area contributed by atoms with Crippen LogP contribution in [0.3, 0.4) is 0 Å². The molecule has 2 N–H and O–H groups in total. The van der Waals surface area contributed by atoms with Crippen LogP contribution in [-0.4, -0.2) is 7.11 Å². The number of ether oxygens (including phenoxy) is 1. The quantitative estimate of drug-likeness (QED) is 0.634. The summed E-state index contributed by atoms with van der Waals surface area (Å²) in [6.45, 7) is 0. The van der Waals surface area contributed by atoms with E-state index >= 15 is 0 Å². The Morgan fingerprint density at radius 3 is 3.00 bits per heavy atom. The first-order chi connectivity index (χ1) is 5.83. The molecule has 0 atom stereocenters. The Balaban J connectivity index is 2.60. The standard InChI is InChI=1S/C9H9N2O/c1-12-8-3-2-7-6(9(8)10)4-5-11-7/h2-5H,10H2,1H3. The maximum atomic E-state index is 5.81. The third-order valence-electron chi connectivity index (χ3n) is 1.90. The zero-order valence-corrected chi connectivity index (χ0v) is 6.74. The predicted octanol–water partition coefficient (Wildman–Crippen LogP) is 1.50. The number of benzene rings is 1. The van der Waals surface area contributed by atoms with Crippen LogP contribution in [0.1, 0.15) is 5.56 Å². The van der Waals surface area contributed by atoms with Crippen LogP contribution in [0.2, 0.25) is 0 Å². The molecule has 3 heteroatoms. The number of anilines is 1. The average Bonchev–Trinajstić information content (AvgIpc) is 2.53. The van der Waals surface area contributed by atoms with Crippen LogP contribution in [0.5, 0.6) is 5.75 Å². The molecule has 0 unspecified atom stereocenters. The van der Waals surface area contributed by atoms with Crippen molar-refractivity contribution in [3.63, 3.8) is 0 Å². The van der Waals surface area contributed by atoms with Crippen molar-refractivity contribution in [2.24, 2.45) is 0 Å². The van der Waals surface area contributed by atoms with Crippen LogP contribution in [0.15, 0.2) is 18.3 Å². The van der Waals surface area contributed by atoms with Crippen molar-refractivity contribution in [3.8, 4) is 5.75 Å². The molecule has 1 aliphatic heterocycles. The molecule has 1 aromatic rings. The second kappa shape index (κ2) is 2.44. The molecule has 0 saturated heterocycles. The molecule has 0 saturated carbocycles. The Bertz CT molecular complexity index is 345. The Labute approximate surface area is 70.8 Å². The lowest BCUT2D eigenvalue weighted by Crippen LogP contribution is -1.95. The highest BCUT2D eigenvalue weighted by Crippen LogP contribution is 2.34. The summed E-state index contributed by atoms with van der Waals surface area (Å²) in [6.07, 6.45) is 3.62. The van der Waals surface area contributed by atoms with Crippen LogP contribution in [0.25, 0.3) is 6.08 Å². The van der Waals surface area contributed by atoms with Crippen LogP contribution < -0.4 is 15.8 Å². The molecule has 0 aliphatic carbocycles. The van der Waals surface area contributed by atoms with Gasteiger partial charge in [0.25, 0.3) is 0 Å². The van der Waals surface area contributed by atoms with Gasteiger partial charge in [-0.3, -0.25) is 5.32 Å². The van der Waals surface area contributed by atoms with E-state index in [0.29, 0.717) is 11.4 Å². The topological polar surface area (TPSA) is 49.4 Å². The summed E-state index contributed by atoms with van der Waals surface area (Å²) in [5.74, 6) is 0.704. The van der Waals surface area contributed by atoms with Crippen LogP contribution in [0.4, 0.5) is 11.4 Å². The minimum atomic E-state index is 0.660. The Morgan fingerprint density at radius 2 is 2.25 bits per heavy atom. The zero-order chi connectivity index (χ0) is 8.55. The van der Waals surface area contributed by atoms with E-state index < -0.39 is 0 Å². The van der Waals surface area contributed by atoms with Crippen LogP contribution in [0, 0.1) is 0 Å². The van der Waals surface area contributed by atoms with E-state index in [1.807, 2.05) is 18.2 Å². The van der Waals surface area contributed by atoms with Crippen LogP contribution in [-0.2, 0) is 0 Å². The number of nitrogens with zero attached hydrogens (tertiary/aromatic N) is 1. The number of methoxy groups -OCH3 is 1. The second-order valence-corrected chi connectivity index (χ2v) is 2.56. The molecule has 1 aromatic carbocycles. The summed E-state index contributed by atoms with van der Waals surface area (Å²) in [7, 11) is 1.61. The minimum Gasteiger partial charge on any atom is -0.495 e.